The molecule has 0 aliphatic heterocycles. The van der Waals surface area contributed by atoms with Crippen LogP contribution in [0.1, 0.15) is 23.9 Å². The van der Waals surface area contributed by atoms with Gasteiger partial charge < -0.3 is 14.5 Å². The maximum absolute atomic E-state index is 5.80. The summed E-state index contributed by atoms with van der Waals surface area (Å²) in [5.41, 5.74) is 2.10. The number of furan rings is 1. The molecule has 0 spiro atoms. The van der Waals surface area contributed by atoms with Crippen LogP contribution < -0.4 is 10.1 Å². The molecule has 0 aliphatic carbocycles. The van der Waals surface area contributed by atoms with E-state index in [1.807, 2.05) is 26.1 Å². The van der Waals surface area contributed by atoms with Crippen molar-refractivity contribution in [2.75, 3.05) is 6.54 Å². The largest absolute Gasteiger partial charge is 0.469 e. The van der Waals surface area contributed by atoms with Crippen molar-refractivity contribution >= 4 is 0 Å². The first-order valence-electron chi connectivity index (χ1n) is 6.10. The van der Waals surface area contributed by atoms with Crippen LogP contribution in [0, 0.1) is 6.92 Å². The number of nitrogens with one attached hydrogen (secondary N) is 1. The van der Waals surface area contributed by atoms with Gasteiger partial charge >= 0.3 is 0 Å². The molecule has 0 fully saturated rings. The molecule has 0 radical (unpaired) electrons. The zero-order valence-electron chi connectivity index (χ0n) is 11.1. The summed E-state index contributed by atoms with van der Waals surface area (Å²) in [6, 6.07) is 3.75. The normalized spacial score (nSPS) is 10.8. The molecule has 0 atom stereocenters. The number of ether oxygens (including phenoxy) is 1. The van der Waals surface area contributed by atoms with Crippen molar-refractivity contribution in [1.29, 1.82) is 0 Å². The van der Waals surface area contributed by atoms with Crippen LogP contribution in [0.15, 0.2) is 22.8 Å². The van der Waals surface area contributed by atoms with E-state index in [0.29, 0.717) is 6.61 Å². The Morgan fingerprint density at radius 1 is 1.50 bits per heavy atom. The van der Waals surface area contributed by atoms with E-state index >= 15 is 0 Å². The highest BCUT2D eigenvalue weighted by molar-refractivity contribution is 5.30. The van der Waals surface area contributed by atoms with Crippen molar-refractivity contribution in [3.05, 3.63) is 35.4 Å². The number of aryl methyl sites for hydroxylation is 2. The summed E-state index contributed by atoms with van der Waals surface area (Å²) in [7, 11) is 1.89. The van der Waals surface area contributed by atoms with E-state index in [1.54, 1.807) is 10.9 Å². The first-order valence-corrected chi connectivity index (χ1v) is 6.10. The van der Waals surface area contributed by atoms with Gasteiger partial charge in [0.05, 0.1) is 17.5 Å². The molecule has 0 unspecified atom stereocenters. The van der Waals surface area contributed by atoms with Gasteiger partial charge in [-0.1, -0.05) is 6.92 Å². The summed E-state index contributed by atoms with van der Waals surface area (Å²) in [4.78, 5) is 0. The lowest BCUT2D eigenvalue weighted by molar-refractivity contribution is 0.246. The molecule has 0 saturated heterocycles. The number of hydrogen-bond donors (Lipinski definition) is 1. The monoisotopic (exact) mass is 249 g/mol. The third kappa shape index (κ3) is 2.73. The van der Waals surface area contributed by atoms with Gasteiger partial charge in [-0.15, -0.1) is 0 Å². The molecule has 2 aromatic heterocycles. The smallest absolute Gasteiger partial charge is 0.216 e. The summed E-state index contributed by atoms with van der Waals surface area (Å²) >= 11 is 0. The Morgan fingerprint density at radius 2 is 2.33 bits per heavy atom. The van der Waals surface area contributed by atoms with Crippen molar-refractivity contribution in [3.63, 3.8) is 0 Å². The molecule has 5 heteroatoms. The standard InChI is InChI=1S/C13H19N3O2/c1-4-14-8-12-10(2)15-16(3)13(12)18-9-11-6-5-7-17-11/h5-7,14H,4,8-9H2,1-3H3. The van der Waals surface area contributed by atoms with E-state index < -0.39 is 0 Å². The first kappa shape index (κ1) is 12.7. The molecule has 0 saturated carbocycles. The summed E-state index contributed by atoms with van der Waals surface area (Å²) in [5, 5.41) is 7.68. The molecular formula is C13H19N3O2. The van der Waals surface area contributed by atoms with Crippen molar-refractivity contribution in [3.8, 4) is 5.88 Å². The molecule has 2 aromatic rings. The zero-order chi connectivity index (χ0) is 13.0. The maximum Gasteiger partial charge on any atom is 0.216 e. The Balaban J connectivity index is 2.10. The minimum atomic E-state index is 0.422. The van der Waals surface area contributed by atoms with Gasteiger partial charge in [-0.05, 0) is 25.6 Å². The van der Waals surface area contributed by atoms with Crippen LogP contribution in [0.3, 0.4) is 0 Å². The lowest BCUT2D eigenvalue weighted by Crippen LogP contribution is -2.13. The van der Waals surface area contributed by atoms with E-state index in [0.717, 1.165) is 36.0 Å². The second-order valence-electron chi connectivity index (χ2n) is 4.14. The van der Waals surface area contributed by atoms with Crippen LogP contribution in [0.4, 0.5) is 0 Å². The van der Waals surface area contributed by atoms with E-state index in [2.05, 4.69) is 17.3 Å². The Labute approximate surface area is 107 Å². The molecule has 0 aliphatic rings. The summed E-state index contributed by atoms with van der Waals surface area (Å²) in [5.74, 6) is 1.60. The highest BCUT2D eigenvalue weighted by atomic mass is 16.5. The fraction of sp³-hybridized carbons (Fsp3) is 0.462. The second-order valence-corrected chi connectivity index (χ2v) is 4.14. The molecule has 0 bridgehead atoms. The van der Waals surface area contributed by atoms with Crippen molar-refractivity contribution in [2.45, 2.75) is 27.0 Å². The van der Waals surface area contributed by atoms with Gasteiger partial charge in [0, 0.05) is 13.6 Å². The molecule has 0 aromatic carbocycles. The van der Waals surface area contributed by atoms with Crippen LogP contribution >= 0.6 is 0 Å². The summed E-state index contributed by atoms with van der Waals surface area (Å²) in [6.45, 7) is 6.18. The van der Waals surface area contributed by atoms with Gasteiger partial charge in [-0.2, -0.15) is 5.10 Å². The first-order chi connectivity index (χ1) is 8.72. The minimum absolute atomic E-state index is 0.422. The fourth-order valence-electron chi connectivity index (χ4n) is 1.85. The Kier molecular flexibility index (Phi) is 4.04. The van der Waals surface area contributed by atoms with Gasteiger partial charge in [0.15, 0.2) is 0 Å². The van der Waals surface area contributed by atoms with Crippen LogP contribution in [-0.2, 0) is 20.2 Å². The summed E-state index contributed by atoms with van der Waals surface area (Å²) < 4.78 is 12.8. The average Bonchev–Trinajstić information content (AvgIpc) is 2.93. The highest BCUT2D eigenvalue weighted by Crippen LogP contribution is 2.22. The third-order valence-electron chi connectivity index (χ3n) is 2.77. The van der Waals surface area contributed by atoms with Crippen LogP contribution in [0.2, 0.25) is 0 Å². The lowest BCUT2D eigenvalue weighted by Gasteiger charge is -2.08. The molecule has 2 rings (SSSR count). The molecular weight excluding hydrogens is 230 g/mol. The molecule has 2 heterocycles. The van der Waals surface area contributed by atoms with Crippen molar-refractivity contribution in [2.24, 2.45) is 7.05 Å². The zero-order valence-corrected chi connectivity index (χ0v) is 11.1. The van der Waals surface area contributed by atoms with Gasteiger partial charge in [-0.25, -0.2) is 4.68 Å². The van der Waals surface area contributed by atoms with Gasteiger partial charge in [0.1, 0.15) is 12.4 Å². The SMILES string of the molecule is CCNCc1c(C)nn(C)c1OCc1ccco1. The van der Waals surface area contributed by atoms with E-state index in [4.69, 9.17) is 9.15 Å². The van der Waals surface area contributed by atoms with Crippen LogP contribution in [0.25, 0.3) is 0 Å². The molecule has 5 nitrogen and oxygen atoms in total. The highest BCUT2D eigenvalue weighted by Gasteiger charge is 2.14. The Hall–Kier alpha value is -1.75. The predicted molar refractivity (Wildman–Crippen MR) is 68.4 cm³/mol. The van der Waals surface area contributed by atoms with Crippen LogP contribution in [0.5, 0.6) is 5.88 Å². The molecule has 1 N–H and O–H groups in total. The van der Waals surface area contributed by atoms with Crippen molar-refractivity contribution < 1.29 is 9.15 Å². The maximum atomic E-state index is 5.80. The number of aromatic nitrogens is 2. The predicted octanol–water partition coefficient (Wildman–Crippen LogP) is 2.01. The fourth-order valence-corrected chi connectivity index (χ4v) is 1.85. The average molecular weight is 249 g/mol. The van der Waals surface area contributed by atoms with Crippen LogP contribution in [-0.4, -0.2) is 16.3 Å². The summed E-state index contributed by atoms with van der Waals surface area (Å²) in [6.07, 6.45) is 1.65. The number of nitrogens with zero attached hydrogens (tertiary/aromatic N) is 2. The van der Waals surface area contributed by atoms with Gasteiger partial charge in [0.2, 0.25) is 5.88 Å². The molecule has 18 heavy (non-hydrogen) atoms. The van der Waals surface area contributed by atoms with E-state index in [9.17, 15) is 0 Å². The van der Waals surface area contributed by atoms with Gasteiger partial charge in [0.25, 0.3) is 0 Å². The second kappa shape index (κ2) is 5.73. The Morgan fingerprint density at radius 3 is 3.00 bits per heavy atom. The number of hydrogen-bond acceptors (Lipinski definition) is 4. The van der Waals surface area contributed by atoms with Crippen molar-refractivity contribution in [1.82, 2.24) is 15.1 Å². The molecule has 98 valence electrons. The van der Waals surface area contributed by atoms with E-state index in [1.165, 1.54) is 0 Å². The Bertz CT molecular complexity index is 489. The molecule has 0 amide bonds. The lowest BCUT2D eigenvalue weighted by atomic mass is 10.2. The number of rotatable bonds is 6. The third-order valence-corrected chi connectivity index (χ3v) is 2.77. The topological polar surface area (TPSA) is 52.2 Å². The quantitative estimate of drug-likeness (QED) is 0.851. The van der Waals surface area contributed by atoms with Gasteiger partial charge in [-0.3, -0.25) is 0 Å². The minimum Gasteiger partial charge on any atom is -0.469 e. The van der Waals surface area contributed by atoms with E-state index in [-0.39, 0.29) is 0 Å².